The van der Waals surface area contributed by atoms with E-state index in [0.29, 0.717) is 0 Å². The van der Waals surface area contributed by atoms with Gasteiger partial charge in [0.05, 0.1) is 0 Å². The van der Waals surface area contributed by atoms with Crippen molar-refractivity contribution in [2.24, 2.45) is 11.8 Å². The van der Waals surface area contributed by atoms with Crippen LogP contribution < -0.4 is 0 Å². The van der Waals surface area contributed by atoms with Gasteiger partial charge in [-0.15, -0.1) is 13.2 Å². The molecule has 1 aliphatic carbocycles. The van der Waals surface area contributed by atoms with Gasteiger partial charge >= 0.3 is 0 Å². The first-order valence-corrected chi connectivity index (χ1v) is 5.96. The minimum Gasteiger partial charge on any atom is -0.103 e. The lowest BCUT2D eigenvalue weighted by atomic mass is 10.0. The van der Waals surface area contributed by atoms with E-state index >= 15 is 0 Å². The first-order chi connectivity index (χ1) is 6.74. The molecular weight excluding hydrogens is 168 g/mol. The van der Waals surface area contributed by atoms with Gasteiger partial charge in [0.2, 0.25) is 0 Å². The van der Waals surface area contributed by atoms with E-state index in [9.17, 15) is 0 Å². The molecule has 0 heterocycles. The fourth-order valence-corrected chi connectivity index (χ4v) is 1.93. The van der Waals surface area contributed by atoms with E-state index in [1.165, 1.54) is 25.7 Å². The second-order valence-electron chi connectivity index (χ2n) is 4.35. The molecule has 1 saturated carbocycles. The van der Waals surface area contributed by atoms with Crippen LogP contribution >= 0.6 is 0 Å². The van der Waals surface area contributed by atoms with Gasteiger partial charge in [0.25, 0.3) is 0 Å². The predicted octanol–water partition coefficient (Wildman–Crippen LogP) is 4.97. The third-order valence-electron chi connectivity index (χ3n) is 2.96. The molecule has 1 fully saturated rings. The summed E-state index contributed by atoms with van der Waals surface area (Å²) in [7, 11) is 0. The SMILES string of the molecule is C=CCCC=C.CCC1CCC(C)C1. The summed E-state index contributed by atoms with van der Waals surface area (Å²) in [5.41, 5.74) is 0. The Bertz CT molecular complexity index is 138. The minimum absolute atomic E-state index is 1.03. The molecule has 0 radical (unpaired) electrons. The highest BCUT2D eigenvalue weighted by molar-refractivity contribution is 4.74. The van der Waals surface area contributed by atoms with E-state index in [1.807, 2.05) is 12.2 Å². The van der Waals surface area contributed by atoms with Crippen molar-refractivity contribution in [1.29, 1.82) is 0 Å². The van der Waals surface area contributed by atoms with Gasteiger partial charge in [-0.2, -0.15) is 0 Å². The zero-order valence-corrected chi connectivity index (χ0v) is 9.97. The van der Waals surface area contributed by atoms with E-state index in [1.54, 1.807) is 0 Å². The Kier molecular flexibility index (Phi) is 8.72. The molecule has 0 amide bonds. The third-order valence-corrected chi connectivity index (χ3v) is 2.96. The summed E-state index contributed by atoms with van der Waals surface area (Å²) in [4.78, 5) is 0. The molecule has 0 aromatic rings. The van der Waals surface area contributed by atoms with E-state index in [-0.39, 0.29) is 0 Å². The molecule has 14 heavy (non-hydrogen) atoms. The van der Waals surface area contributed by atoms with Crippen LogP contribution in [0.2, 0.25) is 0 Å². The fourth-order valence-electron chi connectivity index (χ4n) is 1.93. The second-order valence-corrected chi connectivity index (χ2v) is 4.35. The Morgan fingerprint density at radius 1 is 1.14 bits per heavy atom. The number of unbranched alkanes of at least 4 members (excludes halogenated alkanes) is 1. The Morgan fingerprint density at radius 2 is 1.71 bits per heavy atom. The summed E-state index contributed by atoms with van der Waals surface area (Å²) in [6.07, 6.45) is 11.8. The van der Waals surface area contributed by atoms with Gasteiger partial charge in [0.1, 0.15) is 0 Å². The summed E-state index contributed by atoms with van der Waals surface area (Å²) in [6.45, 7) is 11.8. The number of rotatable bonds is 4. The van der Waals surface area contributed by atoms with Crippen LogP contribution in [0.3, 0.4) is 0 Å². The summed E-state index contributed by atoms with van der Waals surface area (Å²) in [5, 5.41) is 0. The highest BCUT2D eigenvalue weighted by Crippen LogP contribution is 2.31. The van der Waals surface area contributed by atoms with E-state index in [0.717, 1.165) is 24.7 Å². The van der Waals surface area contributed by atoms with Crippen molar-refractivity contribution < 1.29 is 0 Å². The van der Waals surface area contributed by atoms with Crippen LogP contribution in [-0.4, -0.2) is 0 Å². The van der Waals surface area contributed by atoms with Crippen LogP contribution in [-0.2, 0) is 0 Å². The maximum absolute atomic E-state index is 3.55. The molecule has 0 heteroatoms. The molecule has 0 aliphatic heterocycles. The molecule has 1 rings (SSSR count). The lowest BCUT2D eigenvalue weighted by Gasteiger charge is -2.02. The van der Waals surface area contributed by atoms with Gasteiger partial charge in [0, 0.05) is 0 Å². The van der Waals surface area contributed by atoms with Crippen LogP contribution in [0, 0.1) is 11.8 Å². The van der Waals surface area contributed by atoms with Gasteiger partial charge in [0.15, 0.2) is 0 Å². The fraction of sp³-hybridized carbons (Fsp3) is 0.714. The summed E-state index contributed by atoms with van der Waals surface area (Å²) in [6, 6.07) is 0. The van der Waals surface area contributed by atoms with Gasteiger partial charge in [-0.25, -0.2) is 0 Å². The van der Waals surface area contributed by atoms with Crippen molar-refractivity contribution in [3.05, 3.63) is 25.3 Å². The smallest absolute Gasteiger partial charge is 0.0319 e. The number of allylic oxidation sites excluding steroid dienone is 2. The maximum atomic E-state index is 3.55. The topological polar surface area (TPSA) is 0 Å². The Morgan fingerprint density at radius 3 is 1.93 bits per heavy atom. The van der Waals surface area contributed by atoms with Crippen LogP contribution in [0.4, 0.5) is 0 Å². The quantitative estimate of drug-likeness (QED) is 0.438. The minimum atomic E-state index is 1.03. The molecule has 0 N–H and O–H groups in total. The second kappa shape index (κ2) is 9.05. The van der Waals surface area contributed by atoms with Crippen LogP contribution in [0.15, 0.2) is 25.3 Å². The van der Waals surface area contributed by atoms with Crippen molar-refractivity contribution in [2.45, 2.75) is 52.4 Å². The van der Waals surface area contributed by atoms with Crippen LogP contribution in [0.25, 0.3) is 0 Å². The van der Waals surface area contributed by atoms with Gasteiger partial charge in [-0.1, -0.05) is 45.3 Å². The molecule has 1 aliphatic rings. The molecule has 0 bridgehead atoms. The molecular formula is C14H26. The lowest BCUT2D eigenvalue weighted by Crippen LogP contribution is -1.89. The zero-order valence-electron chi connectivity index (χ0n) is 9.97. The molecule has 0 aromatic heterocycles. The normalized spacial score (nSPS) is 25.0. The Labute approximate surface area is 90.1 Å². The van der Waals surface area contributed by atoms with Crippen molar-refractivity contribution >= 4 is 0 Å². The van der Waals surface area contributed by atoms with Crippen molar-refractivity contribution in [1.82, 2.24) is 0 Å². The first-order valence-electron chi connectivity index (χ1n) is 5.96. The summed E-state index contributed by atoms with van der Waals surface area (Å²) < 4.78 is 0. The van der Waals surface area contributed by atoms with E-state index in [4.69, 9.17) is 0 Å². The van der Waals surface area contributed by atoms with Crippen molar-refractivity contribution in [3.8, 4) is 0 Å². The average molecular weight is 194 g/mol. The van der Waals surface area contributed by atoms with Crippen LogP contribution in [0.1, 0.15) is 52.4 Å². The Balaban J connectivity index is 0.000000255. The number of hydrogen-bond donors (Lipinski definition) is 0. The van der Waals surface area contributed by atoms with Gasteiger partial charge in [-0.3, -0.25) is 0 Å². The molecule has 0 spiro atoms. The third kappa shape index (κ3) is 6.94. The summed E-state index contributed by atoms with van der Waals surface area (Å²) in [5.74, 6) is 2.10. The monoisotopic (exact) mass is 194 g/mol. The summed E-state index contributed by atoms with van der Waals surface area (Å²) >= 11 is 0. The largest absolute Gasteiger partial charge is 0.103 e. The predicted molar refractivity (Wildman–Crippen MR) is 66.4 cm³/mol. The molecule has 2 atom stereocenters. The molecule has 0 saturated heterocycles. The first kappa shape index (κ1) is 13.5. The number of hydrogen-bond acceptors (Lipinski definition) is 0. The average Bonchev–Trinajstić information content (AvgIpc) is 2.62. The zero-order chi connectivity index (χ0) is 10.8. The van der Waals surface area contributed by atoms with Gasteiger partial charge in [-0.05, 0) is 31.1 Å². The van der Waals surface area contributed by atoms with Crippen molar-refractivity contribution in [3.63, 3.8) is 0 Å². The molecule has 82 valence electrons. The highest BCUT2D eigenvalue weighted by Gasteiger charge is 2.18. The van der Waals surface area contributed by atoms with E-state index in [2.05, 4.69) is 27.0 Å². The van der Waals surface area contributed by atoms with Gasteiger partial charge < -0.3 is 0 Å². The molecule has 0 aromatic carbocycles. The maximum Gasteiger partial charge on any atom is -0.0319 e. The Hall–Kier alpha value is -0.520. The molecule has 2 unspecified atom stereocenters. The van der Waals surface area contributed by atoms with E-state index < -0.39 is 0 Å². The standard InChI is InChI=1S/C8H16.C6H10/c1-3-8-5-4-7(2)6-8;1-3-5-6-4-2/h7-8H,3-6H2,1-2H3;3-4H,1-2,5-6H2. The lowest BCUT2D eigenvalue weighted by molar-refractivity contribution is 0.501. The van der Waals surface area contributed by atoms with Crippen molar-refractivity contribution in [2.75, 3.05) is 0 Å². The van der Waals surface area contributed by atoms with Crippen LogP contribution in [0.5, 0.6) is 0 Å². The highest BCUT2D eigenvalue weighted by atomic mass is 14.2. The molecule has 0 nitrogen and oxygen atoms in total.